The first-order valence-electron chi connectivity index (χ1n) is 21.2. The molecule has 11 aromatic rings. The number of rotatable bonds is 5. The molecule has 62 heavy (non-hydrogen) atoms. The number of fused-ring (bicyclic) bond motifs is 16. The lowest BCUT2D eigenvalue weighted by Crippen LogP contribution is -2.26. The molecular weight excluding hydrogens is 755 g/mol. The van der Waals surface area contributed by atoms with Crippen molar-refractivity contribution in [1.29, 1.82) is 0 Å². The Kier molecular flexibility index (Phi) is 7.40. The Bertz CT molecular complexity index is 3500. The molecule has 0 unspecified atom stereocenters. The number of nitrogens with zero attached hydrogens (tertiary/aromatic N) is 3. The molecule has 0 N–H and O–H groups in total. The number of methoxy groups -OCH3 is 1. The van der Waals surface area contributed by atoms with Crippen molar-refractivity contribution in [2.45, 2.75) is 5.41 Å². The Morgan fingerprint density at radius 2 is 1.03 bits per heavy atom. The summed E-state index contributed by atoms with van der Waals surface area (Å²) >= 11 is 0. The molecule has 2 aromatic heterocycles. The summed E-state index contributed by atoms with van der Waals surface area (Å²) in [4.78, 5) is 10.7. The third-order valence-electron chi connectivity index (χ3n) is 13.3. The molecule has 0 fully saturated rings. The Balaban J connectivity index is 1.19. The van der Waals surface area contributed by atoms with Crippen LogP contribution in [-0.2, 0) is 5.41 Å². The molecule has 13 rings (SSSR count). The van der Waals surface area contributed by atoms with E-state index < -0.39 is 5.41 Å². The van der Waals surface area contributed by atoms with E-state index in [4.69, 9.17) is 14.7 Å². The maximum absolute atomic E-state index is 6.15. The fourth-order valence-corrected chi connectivity index (χ4v) is 10.9. The van der Waals surface area contributed by atoms with E-state index in [2.05, 4.69) is 174 Å². The zero-order chi connectivity index (χ0) is 40.9. The fourth-order valence-electron chi connectivity index (χ4n) is 10.9. The molecule has 4 heteroatoms. The predicted octanol–water partition coefficient (Wildman–Crippen LogP) is 14.1. The quantitative estimate of drug-likeness (QED) is 0.174. The van der Waals surface area contributed by atoms with E-state index >= 15 is 0 Å². The second-order valence-electron chi connectivity index (χ2n) is 16.3. The van der Waals surface area contributed by atoms with Crippen molar-refractivity contribution in [2.24, 2.45) is 0 Å². The minimum Gasteiger partial charge on any atom is -0.492 e. The molecule has 2 aliphatic carbocycles. The van der Waals surface area contributed by atoms with Crippen LogP contribution in [0.25, 0.3) is 94.4 Å². The van der Waals surface area contributed by atoms with Crippen LogP contribution in [0, 0.1) is 0 Å². The smallest absolute Gasteiger partial charge is 0.171 e. The van der Waals surface area contributed by atoms with Gasteiger partial charge in [-0.1, -0.05) is 170 Å². The van der Waals surface area contributed by atoms with Crippen LogP contribution in [0.15, 0.2) is 206 Å². The molecule has 0 radical (unpaired) electrons. The van der Waals surface area contributed by atoms with E-state index in [1.54, 1.807) is 7.11 Å². The second kappa shape index (κ2) is 13.2. The van der Waals surface area contributed by atoms with Crippen LogP contribution in [0.3, 0.4) is 0 Å². The Morgan fingerprint density at radius 1 is 0.452 bits per heavy atom. The molecule has 2 heterocycles. The maximum Gasteiger partial charge on any atom is 0.171 e. The zero-order valence-corrected chi connectivity index (χ0v) is 33.9. The fraction of sp³-hybridized carbons (Fsp3) is 0.0345. The molecular formula is C58H37N3O. The Morgan fingerprint density at radius 3 is 1.69 bits per heavy atom. The highest BCUT2D eigenvalue weighted by molar-refractivity contribution is 6.19. The van der Waals surface area contributed by atoms with Crippen molar-refractivity contribution in [2.75, 3.05) is 7.11 Å². The van der Waals surface area contributed by atoms with Gasteiger partial charge in [-0.15, -0.1) is 0 Å². The van der Waals surface area contributed by atoms with Crippen molar-refractivity contribution in [3.8, 4) is 67.6 Å². The van der Waals surface area contributed by atoms with Crippen LogP contribution in [0.4, 0.5) is 0 Å². The molecule has 290 valence electrons. The molecule has 0 aliphatic heterocycles. The van der Waals surface area contributed by atoms with E-state index in [-0.39, 0.29) is 0 Å². The van der Waals surface area contributed by atoms with Crippen LogP contribution in [0.5, 0.6) is 5.75 Å². The zero-order valence-electron chi connectivity index (χ0n) is 33.9. The van der Waals surface area contributed by atoms with Gasteiger partial charge in [-0.2, -0.15) is 0 Å². The van der Waals surface area contributed by atoms with Gasteiger partial charge in [-0.25, -0.2) is 9.97 Å². The van der Waals surface area contributed by atoms with Gasteiger partial charge >= 0.3 is 0 Å². The summed E-state index contributed by atoms with van der Waals surface area (Å²) in [5, 5.41) is 4.89. The average molecular weight is 792 g/mol. The SMILES string of the molecule is COc1c(-c2ccccc2)nc(-c2ccc3c(c2)c2c4c(ccc2n3-c2ccccc2)-c2c(ccc3ccccc23)C42c3ccccc3-c3ccccc32)nc1-c1ccccc1. The third kappa shape index (κ3) is 4.66. The van der Waals surface area contributed by atoms with E-state index in [0.717, 1.165) is 50.2 Å². The summed E-state index contributed by atoms with van der Waals surface area (Å²) in [6.07, 6.45) is 0. The number of para-hydroxylation sites is 1. The largest absolute Gasteiger partial charge is 0.492 e. The van der Waals surface area contributed by atoms with Gasteiger partial charge in [0, 0.05) is 33.2 Å². The first-order valence-corrected chi connectivity index (χ1v) is 21.2. The minimum absolute atomic E-state index is 0.565. The van der Waals surface area contributed by atoms with E-state index in [0.29, 0.717) is 11.6 Å². The van der Waals surface area contributed by atoms with Crippen LogP contribution < -0.4 is 4.74 Å². The van der Waals surface area contributed by atoms with Crippen LogP contribution in [-0.4, -0.2) is 21.6 Å². The number of benzene rings is 9. The van der Waals surface area contributed by atoms with E-state index in [1.165, 1.54) is 60.7 Å². The van der Waals surface area contributed by atoms with Gasteiger partial charge in [0.1, 0.15) is 11.4 Å². The summed E-state index contributed by atoms with van der Waals surface area (Å²) in [5.74, 6) is 1.29. The highest BCUT2D eigenvalue weighted by Gasteiger charge is 2.53. The first kappa shape index (κ1) is 34.8. The van der Waals surface area contributed by atoms with Gasteiger partial charge < -0.3 is 9.30 Å². The van der Waals surface area contributed by atoms with Crippen LogP contribution in [0.2, 0.25) is 0 Å². The van der Waals surface area contributed by atoms with Gasteiger partial charge in [0.2, 0.25) is 0 Å². The highest BCUT2D eigenvalue weighted by Crippen LogP contribution is 2.65. The van der Waals surface area contributed by atoms with Gasteiger partial charge in [0.15, 0.2) is 11.6 Å². The summed E-state index contributed by atoms with van der Waals surface area (Å²) in [5.41, 5.74) is 17.6. The number of ether oxygens (including phenoxy) is 1. The third-order valence-corrected chi connectivity index (χ3v) is 13.3. The molecule has 0 saturated heterocycles. The molecule has 2 aliphatic rings. The number of hydrogen-bond acceptors (Lipinski definition) is 3. The maximum atomic E-state index is 6.15. The second-order valence-corrected chi connectivity index (χ2v) is 16.3. The van der Waals surface area contributed by atoms with Crippen LogP contribution >= 0.6 is 0 Å². The lowest BCUT2D eigenvalue weighted by Gasteiger charge is -2.31. The molecule has 4 nitrogen and oxygen atoms in total. The molecule has 0 saturated carbocycles. The van der Waals surface area contributed by atoms with E-state index in [9.17, 15) is 0 Å². The summed E-state index contributed by atoms with van der Waals surface area (Å²) in [6, 6.07) is 74.6. The van der Waals surface area contributed by atoms with Crippen molar-refractivity contribution >= 4 is 32.6 Å². The number of hydrogen-bond donors (Lipinski definition) is 0. The lowest BCUT2D eigenvalue weighted by atomic mass is 9.69. The summed E-state index contributed by atoms with van der Waals surface area (Å²) in [6.45, 7) is 0. The van der Waals surface area contributed by atoms with Gasteiger partial charge in [-0.05, 0) is 91.7 Å². The summed E-state index contributed by atoms with van der Waals surface area (Å²) in [7, 11) is 1.71. The normalized spacial score (nSPS) is 13.0. The molecule has 1 spiro atoms. The lowest BCUT2D eigenvalue weighted by molar-refractivity contribution is 0.415. The number of aromatic nitrogens is 3. The van der Waals surface area contributed by atoms with Crippen molar-refractivity contribution < 1.29 is 4.74 Å². The molecule has 0 amide bonds. The highest BCUT2D eigenvalue weighted by atomic mass is 16.5. The Hall–Kier alpha value is -8.08. The summed E-state index contributed by atoms with van der Waals surface area (Å²) < 4.78 is 8.59. The monoisotopic (exact) mass is 791 g/mol. The standard InChI is InChI=1S/C58H37N3O/c1-62-56-54(37-18-5-2-6-19-37)59-57(60-55(56)38-20-7-3-8-21-38)39-30-33-49-45(35-39)52-50(61(49)40-22-9-4-10-23-40)34-31-44-51-41-24-12-11-17-36(41)29-32-48(51)58(53(44)52)46-27-15-13-25-42(46)43-26-14-16-28-47(43)58/h2-35H,1H3. The van der Waals surface area contributed by atoms with Crippen molar-refractivity contribution in [3.63, 3.8) is 0 Å². The predicted molar refractivity (Wildman–Crippen MR) is 253 cm³/mol. The molecule has 0 atom stereocenters. The first-order chi connectivity index (χ1) is 30.7. The van der Waals surface area contributed by atoms with E-state index in [1.807, 2.05) is 36.4 Å². The van der Waals surface area contributed by atoms with Gasteiger partial charge in [-0.3, -0.25) is 0 Å². The topological polar surface area (TPSA) is 39.9 Å². The van der Waals surface area contributed by atoms with Crippen molar-refractivity contribution in [3.05, 3.63) is 229 Å². The Labute approximate surface area is 359 Å². The van der Waals surface area contributed by atoms with Crippen molar-refractivity contribution in [1.82, 2.24) is 14.5 Å². The van der Waals surface area contributed by atoms with Gasteiger partial charge in [0.25, 0.3) is 0 Å². The van der Waals surface area contributed by atoms with Crippen LogP contribution in [0.1, 0.15) is 22.3 Å². The molecule has 0 bridgehead atoms. The molecule has 9 aromatic carbocycles. The van der Waals surface area contributed by atoms with Gasteiger partial charge in [0.05, 0.1) is 23.6 Å². The average Bonchev–Trinajstić information content (AvgIpc) is 3.96. The minimum atomic E-state index is -0.565.